The van der Waals surface area contributed by atoms with E-state index in [1.807, 2.05) is 31.2 Å². The van der Waals surface area contributed by atoms with E-state index in [1.54, 1.807) is 13.0 Å². The monoisotopic (exact) mass is 289 g/mol. The Kier molecular flexibility index (Phi) is 4.37. The van der Waals surface area contributed by atoms with Crippen molar-refractivity contribution in [3.05, 3.63) is 53.5 Å². The van der Waals surface area contributed by atoms with Crippen LogP contribution in [0.1, 0.15) is 21.7 Å². The first-order valence-corrected chi connectivity index (χ1v) is 6.45. The lowest BCUT2D eigenvalue weighted by Gasteiger charge is -2.11. The van der Waals surface area contributed by atoms with Crippen molar-refractivity contribution in [1.29, 1.82) is 0 Å². The normalized spacial score (nSPS) is 9.90. The summed E-state index contributed by atoms with van der Waals surface area (Å²) in [5.74, 6) is 0.256. The molecule has 0 bridgehead atoms. The second-order valence-electron chi connectivity index (χ2n) is 4.29. The first kappa shape index (κ1) is 14.1. The number of hydrazine groups is 1. The molecule has 3 N–H and O–H groups in total. The Balaban J connectivity index is 1.87. The number of carbonyl (C=O) groups excluding carboxylic acids is 1. The summed E-state index contributed by atoms with van der Waals surface area (Å²) in [4.78, 5) is 11.8. The van der Waals surface area contributed by atoms with Crippen LogP contribution in [0.5, 0.6) is 0 Å². The minimum Gasteiger partial charge on any atom is -0.469 e. The van der Waals surface area contributed by atoms with Gasteiger partial charge in [-0.2, -0.15) is 0 Å². The molecule has 0 spiro atoms. The van der Waals surface area contributed by atoms with Gasteiger partial charge in [-0.25, -0.2) is 0 Å². The van der Waals surface area contributed by atoms with Crippen LogP contribution in [-0.4, -0.2) is 11.0 Å². The summed E-state index contributed by atoms with van der Waals surface area (Å²) < 4.78 is 5.06. The fourth-order valence-corrected chi connectivity index (χ4v) is 1.86. The third-order valence-corrected chi connectivity index (χ3v) is 2.87. The number of benzene rings is 1. The highest BCUT2D eigenvalue weighted by Crippen LogP contribution is 2.09. The van der Waals surface area contributed by atoms with Crippen LogP contribution in [0.15, 0.2) is 41.0 Å². The Morgan fingerprint density at radius 2 is 2.00 bits per heavy atom. The number of hydrogen-bond donors (Lipinski definition) is 3. The van der Waals surface area contributed by atoms with Crippen LogP contribution in [0.3, 0.4) is 0 Å². The summed E-state index contributed by atoms with van der Waals surface area (Å²) in [5.41, 5.74) is 7.60. The molecule has 1 heterocycles. The van der Waals surface area contributed by atoms with Crippen LogP contribution in [0, 0.1) is 13.8 Å². The number of thiocarbonyl (C=S) groups is 1. The first-order chi connectivity index (χ1) is 9.56. The molecule has 2 aromatic rings. The Morgan fingerprint density at radius 1 is 1.20 bits per heavy atom. The molecule has 0 atom stereocenters. The van der Waals surface area contributed by atoms with E-state index in [9.17, 15) is 4.79 Å². The van der Waals surface area contributed by atoms with Gasteiger partial charge in [0.1, 0.15) is 5.76 Å². The Hall–Kier alpha value is -2.34. The Morgan fingerprint density at radius 3 is 2.65 bits per heavy atom. The van der Waals surface area contributed by atoms with E-state index in [0.29, 0.717) is 16.4 Å². The Bertz CT molecular complexity index is 637. The molecule has 2 rings (SSSR count). The van der Waals surface area contributed by atoms with E-state index in [1.165, 1.54) is 6.26 Å². The second-order valence-corrected chi connectivity index (χ2v) is 4.70. The number of rotatable bonds is 2. The molecule has 0 aliphatic carbocycles. The van der Waals surface area contributed by atoms with E-state index >= 15 is 0 Å². The van der Waals surface area contributed by atoms with Crippen molar-refractivity contribution in [2.24, 2.45) is 0 Å². The molecule has 6 heteroatoms. The zero-order valence-electron chi connectivity index (χ0n) is 11.2. The maximum atomic E-state index is 11.8. The molecule has 1 aromatic carbocycles. The van der Waals surface area contributed by atoms with Gasteiger partial charge in [0.25, 0.3) is 5.91 Å². The van der Waals surface area contributed by atoms with Crippen molar-refractivity contribution < 1.29 is 9.21 Å². The molecule has 1 amide bonds. The third kappa shape index (κ3) is 3.58. The number of furan rings is 1. The summed E-state index contributed by atoms with van der Waals surface area (Å²) >= 11 is 5.10. The fourth-order valence-electron chi connectivity index (χ4n) is 1.69. The fraction of sp³-hybridized carbons (Fsp3) is 0.143. The van der Waals surface area contributed by atoms with Gasteiger partial charge in [-0.3, -0.25) is 15.6 Å². The SMILES string of the molecule is Cc1cccc(NC(=S)NNC(=O)c2ccoc2C)c1. The van der Waals surface area contributed by atoms with Gasteiger partial charge in [0, 0.05) is 5.69 Å². The highest BCUT2D eigenvalue weighted by Gasteiger charge is 2.11. The van der Waals surface area contributed by atoms with Crippen LogP contribution in [-0.2, 0) is 0 Å². The summed E-state index contributed by atoms with van der Waals surface area (Å²) in [7, 11) is 0. The molecule has 5 nitrogen and oxygen atoms in total. The average molecular weight is 289 g/mol. The van der Waals surface area contributed by atoms with Crippen LogP contribution in [0.25, 0.3) is 0 Å². The van der Waals surface area contributed by atoms with E-state index in [4.69, 9.17) is 16.6 Å². The molecule has 1 aromatic heterocycles. The summed E-state index contributed by atoms with van der Waals surface area (Å²) in [5, 5.41) is 3.29. The van der Waals surface area contributed by atoms with Gasteiger partial charge in [0.05, 0.1) is 11.8 Å². The lowest BCUT2D eigenvalue weighted by molar-refractivity contribution is 0.0942. The van der Waals surface area contributed by atoms with Crippen molar-refractivity contribution >= 4 is 28.9 Å². The van der Waals surface area contributed by atoms with Crippen molar-refractivity contribution in [2.75, 3.05) is 5.32 Å². The third-order valence-electron chi connectivity index (χ3n) is 2.67. The van der Waals surface area contributed by atoms with Gasteiger partial charge in [-0.15, -0.1) is 0 Å². The van der Waals surface area contributed by atoms with E-state index < -0.39 is 0 Å². The first-order valence-electron chi connectivity index (χ1n) is 6.04. The van der Waals surface area contributed by atoms with Gasteiger partial charge in [0.2, 0.25) is 0 Å². The molecule has 0 aliphatic heterocycles. The van der Waals surface area contributed by atoms with Crippen molar-refractivity contribution in [2.45, 2.75) is 13.8 Å². The van der Waals surface area contributed by atoms with Crippen LogP contribution in [0.4, 0.5) is 5.69 Å². The number of hydrogen-bond acceptors (Lipinski definition) is 3. The summed E-state index contributed by atoms with van der Waals surface area (Å²) in [6.45, 7) is 3.71. The lowest BCUT2D eigenvalue weighted by atomic mass is 10.2. The zero-order valence-corrected chi connectivity index (χ0v) is 12.0. The minimum atomic E-state index is -0.301. The maximum absolute atomic E-state index is 11.8. The van der Waals surface area contributed by atoms with Gasteiger partial charge in [-0.05, 0) is 49.8 Å². The number of aryl methyl sites for hydroxylation is 2. The molecule has 0 saturated heterocycles. The Labute approximate surface area is 122 Å². The topological polar surface area (TPSA) is 66.3 Å². The second kappa shape index (κ2) is 6.21. The number of anilines is 1. The minimum absolute atomic E-state index is 0.301. The lowest BCUT2D eigenvalue weighted by Crippen LogP contribution is -2.43. The zero-order chi connectivity index (χ0) is 14.5. The predicted octanol–water partition coefficient (Wildman–Crippen LogP) is 2.53. The molecular formula is C14H15N3O2S. The van der Waals surface area contributed by atoms with Crippen LogP contribution < -0.4 is 16.2 Å². The van der Waals surface area contributed by atoms with Gasteiger partial charge >= 0.3 is 0 Å². The molecular weight excluding hydrogens is 274 g/mol. The van der Waals surface area contributed by atoms with Crippen LogP contribution in [0.2, 0.25) is 0 Å². The van der Waals surface area contributed by atoms with Gasteiger partial charge < -0.3 is 9.73 Å². The van der Waals surface area contributed by atoms with Crippen molar-refractivity contribution in [1.82, 2.24) is 10.9 Å². The number of nitrogens with one attached hydrogen (secondary N) is 3. The van der Waals surface area contributed by atoms with E-state index in [-0.39, 0.29) is 5.91 Å². The van der Waals surface area contributed by atoms with Gasteiger partial charge in [-0.1, -0.05) is 12.1 Å². The van der Waals surface area contributed by atoms with Crippen LogP contribution >= 0.6 is 12.2 Å². The molecule has 0 fully saturated rings. The standard InChI is InChI=1S/C14H15N3O2S/c1-9-4-3-5-11(8-9)15-14(20)17-16-13(18)12-6-7-19-10(12)2/h3-8H,1-2H3,(H,16,18)(H2,15,17,20). The highest BCUT2D eigenvalue weighted by atomic mass is 32.1. The molecule has 0 unspecified atom stereocenters. The summed E-state index contributed by atoms with van der Waals surface area (Å²) in [6, 6.07) is 9.36. The molecule has 20 heavy (non-hydrogen) atoms. The molecule has 0 saturated carbocycles. The highest BCUT2D eigenvalue weighted by molar-refractivity contribution is 7.80. The average Bonchev–Trinajstić information content (AvgIpc) is 2.82. The molecule has 0 aliphatic rings. The van der Waals surface area contributed by atoms with E-state index in [2.05, 4.69) is 16.2 Å². The van der Waals surface area contributed by atoms with Gasteiger partial charge in [0.15, 0.2) is 5.11 Å². The smallest absolute Gasteiger partial charge is 0.273 e. The largest absolute Gasteiger partial charge is 0.469 e. The quantitative estimate of drug-likeness (QED) is 0.585. The predicted molar refractivity (Wildman–Crippen MR) is 81.4 cm³/mol. The molecule has 104 valence electrons. The molecule has 0 radical (unpaired) electrons. The number of carbonyl (C=O) groups is 1. The summed E-state index contributed by atoms with van der Waals surface area (Å²) in [6.07, 6.45) is 1.47. The van der Waals surface area contributed by atoms with Crippen molar-refractivity contribution in [3.8, 4) is 0 Å². The van der Waals surface area contributed by atoms with E-state index in [0.717, 1.165) is 11.3 Å². The van der Waals surface area contributed by atoms with Crippen molar-refractivity contribution in [3.63, 3.8) is 0 Å². The maximum Gasteiger partial charge on any atom is 0.273 e. The number of amides is 1.